The maximum Gasteiger partial charge on any atom is 0.137 e. The fourth-order valence-corrected chi connectivity index (χ4v) is 2.33. The summed E-state index contributed by atoms with van der Waals surface area (Å²) in [5, 5.41) is 10.3. The van der Waals surface area contributed by atoms with E-state index in [0.29, 0.717) is 12.1 Å². The Bertz CT molecular complexity index is 285. The number of rotatable bonds is 5. The SMILES string of the molecule is NC1CCCC(NCCCc2ncn[nH]2)C1. The van der Waals surface area contributed by atoms with Crippen molar-refractivity contribution in [1.82, 2.24) is 20.5 Å². The third-order valence-corrected chi connectivity index (χ3v) is 3.20. The van der Waals surface area contributed by atoms with Gasteiger partial charge in [0.15, 0.2) is 0 Å². The zero-order chi connectivity index (χ0) is 11.2. The molecule has 2 rings (SSSR count). The van der Waals surface area contributed by atoms with Crippen LogP contribution in [0.15, 0.2) is 6.33 Å². The summed E-state index contributed by atoms with van der Waals surface area (Å²) in [5.41, 5.74) is 5.94. The lowest BCUT2D eigenvalue weighted by atomic mass is 9.91. The molecule has 16 heavy (non-hydrogen) atoms. The van der Waals surface area contributed by atoms with Gasteiger partial charge in [0.25, 0.3) is 0 Å². The highest BCUT2D eigenvalue weighted by atomic mass is 15.2. The van der Waals surface area contributed by atoms with Crippen LogP contribution in [0.5, 0.6) is 0 Å². The Hall–Kier alpha value is -0.940. The molecule has 1 fully saturated rings. The van der Waals surface area contributed by atoms with Crippen molar-refractivity contribution in [3.05, 3.63) is 12.2 Å². The first-order valence-electron chi connectivity index (χ1n) is 6.18. The van der Waals surface area contributed by atoms with Gasteiger partial charge < -0.3 is 11.1 Å². The summed E-state index contributed by atoms with van der Waals surface area (Å²) in [4.78, 5) is 4.10. The van der Waals surface area contributed by atoms with E-state index in [9.17, 15) is 0 Å². The largest absolute Gasteiger partial charge is 0.328 e. The van der Waals surface area contributed by atoms with Crippen molar-refractivity contribution < 1.29 is 0 Å². The van der Waals surface area contributed by atoms with Crippen molar-refractivity contribution in [2.75, 3.05) is 6.54 Å². The molecule has 0 saturated heterocycles. The van der Waals surface area contributed by atoms with E-state index >= 15 is 0 Å². The first kappa shape index (κ1) is 11.5. The summed E-state index contributed by atoms with van der Waals surface area (Å²) in [6.45, 7) is 1.04. The summed E-state index contributed by atoms with van der Waals surface area (Å²) < 4.78 is 0. The summed E-state index contributed by atoms with van der Waals surface area (Å²) in [6.07, 6.45) is 8.48. The third-order valence-electron chi connectivity index (χ3n) is 3.20. The topological polar surface area (TPSA) is 79.6 Å². The van der Waals surface area contributed by atoms with Crippen LogP contribution in [-0.2, 0) is 6.42 Å². The van der Waals surface area contributed by atoms with Crippen molar-refractivity contribution in [3.63, 3.8) is 0 Å². The second kappa shape index (κ2) is 5.96. The van der Waals surface area contributed by atoms with Crippen LogP contribution >= 0.6 is 0 Å². The summed E-state index contributed by atoms with van der Waals surface area (Å²) in [7, 11) is 0. The maximum absolute atomic E-state index is 5.94. The van der Waals surface area contributed by atoms with Crippen LogP contribution in [0.4, 0.5) is 0 Å². The fraction of sp³-hybridized carbons (Fsp3) is 0.818. The predicted molar refractivity (Wildman–Crippen MR) is 62.9 cm³/mol. The molecule has 0 bridgehead atoms. The van der Waals surface area contributed by atoms with E-state index in [4.69, 9.17) is 5.73 Å². The predicted octanol–water partition coefficient (Wildman–Crippen LogP) is 0.597. The van der Waals surface area contributed by atoms with Gasteiger partial charge in [-0.3, -0.25) is 5.10 Å². The molecule has 1 aromatic rings. The van der Waals surface area contributed by atoms with E-state index in [1.165, 1.54) is 19.3 Å². The molecular formula is C11H21N5. The van der Waals surface area contributed by atoms with Crippen molar-refractivity contribution in [3.8, 4) is 0 Å². The molecule has 2 unspecified atom stereocenters. The number of H-pyrrole nitrogens is 1. The van der Waals surface area contributed by atoms with E-state index in [1.807, 2.05) is 0 Å². The molecule has 1 aliphatic carbocycles. The summed E-state index contributed by atoms with van der Waals surface area (Å²) in [5.74, 6) is 0.974. The van der Waals surface area contributed by atoms with Crippen LogP contribution in [0.2, 0.25) is 0 Å². The molecule has 1 heterocycles. The standard InChI is InChI=1S/C11H21N5/c12-9-3-1-4-10(7-9)13-6-2-5-11-14-8-15-16-11/h8-10,13H,1-7,12H2,(H,14,15,16). The van der Waals surface area contributed by atoms with E-state index in [1.54, 1.807) is 6.33 Å². The average molecular weight is 223 g/mol. The normalized spacial score (nSPS) is 25.8. The Balaban J connectivity index is 1.57. The summed E-state index contributed by atoms with van der Waals surface area (Å²) in [6, 6.07) is 1.03. The van der Waals surface area contributed by atoms with E-state index in [0.717, 1.165) is 31.6 Å². The lowest BCUT2D eigenvalue weighted by molar-refractivity contribution is 0.339. The molecule has 0 spiro atoms. The van der Waals surface area contributed by atoms with Crippen molar-refractivity contribution >= 4 is 0 Å². The van der Waals surface area contributed by atoms with Gasteiger partial charge in [-0.15, -0.1) is 0 Å². The molecule has 5 heteroatoms. The van der Waals surface area contributed by atoms with Crippen LogP contribution in [0.25, 0.3) is 0 Å². The smallest absolute Gasteiger partial charge is 0.137 e. The molecule has 0 amide bonds. The van der Waals surface area contributed by atoms with E-state index in [2.05, 4.69) is 20.5 Å². The Kier molecular flexibility index (Phi) is 4.30. The van der Waals surface area contributed by atoms with Gasteiger partial charge in [0.1, 0.15) is 12.2 Å². The Labute approximate surface area is 96.2 Å². The van der Waals surface area contributed by atoms with E-state index in [-0.39, 0.29) is 0 Å². The number of hydrogen-bond acceptors (Lipinski definition) is 4. The number of aromatic amines is 1. The Morgan fingerprint density at radius 1 is 1.50 bits per heavy atom. The second-order valence-corrected chi connectivity index (χ2v) is 4.61. The van der Waals surface area contributed by atoms with Crippen molar-refractivity contribution in [2.45, 2.75) is 50.6 Å². The lowest BCUT2D eigenvalue weighted by Crippen LogP contribution is -2.39. The van der Waals surface area contributed by atoms with Gasteiger partial charge in [0.2, 0.25) is 0 Å². The minimum Gasteiger partial charge on any atom is -0.328 e. The minimum atomic E-state index is 0.403. The molecule has 90 valence electrons. The number of hydrogen-bond donors (Lipinski definition) is 3. The minimum absolute atomic E-state index is 0.403. The Morgan fingerprint density at radius 2 is 2.44 bits per heavy atom. The Morgan fingerprint density at radius 3 is 3.19 bits per heavy atom. The quantitative estimate of drug-likeness (QED) is 0.639. The van der Waals surface area contributed by atoms with Crippen LogP contribution in [0, 0.1) is 0 Å². The molecule has 0 radical (unpaired) electrons. The van der Waals surface area contributed by atoms with Gasteiger partial charge >= 0.3 is 0 Å². The molecular weight excluding hydrogens is 202 g/mol. The molecule has 2 atom stereocenters. The summed E-state index contributed by atoms with van der Waals surface area (Å²) >= 11 is 0. The van der Waals surface area contributed by atoms with Gasteiger partial charge in [0.05, 0.1) is 0 Å². The number of nitrogens with one attached hydrogen (secondary N) is 2. The van der Waals surface area contributed by atoms with Gasteiger partial charge in [-0.25, -0.2) is 4.98 Å². The fourth-order valence-electron chi connectivity index (χ4n) is 2.33. The highest BCUT2D eigenvalue weighted by Gasteiger charge is 2.17. The monoisotopic (exact) mass is 223 g/mol. The first-order valence-corrected chi connectivity index (χ1v) is 6.18. The van der Waals surface area contributed by atoms with Gasteiger partial charge in [-0.05, 0) is 32.2 Å². The van der Waals surface area contributed by atoms with Crippen molar-refractivity contribution in [2.24, 2.45) is 5.73 Å². The molecule has 0 aromatic carbocycles. The van der Waals surface area contributed by atoms with Crippen LogP contribution in [-0.4, -0.2) is 33.8 Å². The first-order chi connectivity index (χ1) is 7.84. The van der Waals surface area contributed by atoms with Gasteiger partial charge in [-0.2, -0.15) is 5.10 Å². The third kappa shape index (κ3) is 3.57. The molecule has 1 saturated carbocycles. The second-order valence-electron chi connectivity index (χ2n) is 4.61. The highest BCUT2D eigenvalue weighted by molar-refractivity contribution is 4.82. The van der Waals surface area contributed by atoms with Crippen LogP contribution in [0.1, 0.15) is 37.9 Å². The molecule has 1 aromatic heterocycles. The highest BCUT2D eigenvalue weighted by Crippen LogP contribution is 2.16. The zero-order valence-corrected chi connectivity index (χ0v) is 9.65. The number of aryl methyl sites for hydroxylation is 1. The van der Waals surface area contributed by atoms with Crippen molar-refractivity contribution in [1.29, 1.82) is 0 Å². The zero-order valence-electron chi connectivity index (χ0n) is 9.65. The number of nitrogens with zero attached hydrogens (tertiary/aromatic N) is 2. The molecule has 0 aliphatic heterocycles. The molecule has 4 N–H and O–H groups in total. The maximum atomic E-state index is 5.94. The number of nitrogens with two attached hydrogens (primary N) is 1. The van der Waals surface area contributed by atoms with Gasteiger partial charge in [0, 0.05) is 18.5 Å². The molecule has 1 aliphatic rings. The van der Waals surface area contributed by atoms with Crippen LogP contribution in [0.3, 0.4) is 0 Å². The van der Waals surface area contributed by atoms with E-state index < -0.39 is 0 Å². The number of aromatic nitrogens is 3. The van der Waals surface area contributed by atoms with Gasteiger partial charge in [-0.1, -0.05) is 6.42 Å². The van der Waals surface area contributed by atoms with Crippen LogP contribution < -0.4 is 11.1 Å². The lowest BCUT2D eigenvalue weighted by Gasteiger charge is -2.27. The molecule has 5 nitrogen and oxygen atoms in total. The average Bonchev–Trinajstić information content (AvgIpc) is 2.77.